The Morgan fingerprint density at radius 2 is 1.81 bits per heavy atom. The number of hydrogen-bond donors (Lipinski definition) is 0. The van der Waals surface area contributed by atoms with Gasteiger partial charge in [-0.3, -0.25) is 0 Å². The summed E-state index contributed by atoms with van der Waals surface area (Å²) >= 11 is 4.12. The van der Waals surface area contributed by atoms with Gasteiger partial charge in [-0.15, -0.1) is 23.5 Å². The third kappa shape index (κ3) is 3.46. The van der Waals surface area contributed by atoms with Gasteiger partial charge in [0.15, 0.2) is 5.79 Å². The molecule has 2 saturated heterocycles. The monoisotopic (exact) mass is 330 g/mol. The highest BCUT2D eigenvalue weighted by Gasteiger charge is 2.53. The number of rotatable bonds is 4. The topological polar surface area (TPSA) is 35.5 Å². The second-order valence-corrected chi connectivity index (χ2v) is 10.2. The van der Waals surface area contributed by atoms with Crippen molar-refractivity contribution in [3.05, 3.63) is 0 Å². The second-order valence-electron chi connectivity index (χ2n) is 7.25. The van der Waals surface area contributed by atoms with Gasteiger partial charge in [-0.25, -0.2) is 0 Å². The van der Waals surface area contributed by atoms with Crippen LogP contribution in [-0.2, 0) is 14.3 Å². The molecule has 0 amide bonds. The molecule has 1 aliphatic carbocycles. The maximum absolute atomic E-state index is 11.4. The van der Waals surface area contributed by atoms with Crippen LogP contribution in [0.15, 0.2) is 0 Å². The average molecular weight is 331 g/mol. The first-order valence-corrected chi connectivity index (χ1v) is 10.1. The molecule has 0 aromatic rings. The molecule has 0 radical (unpaired) electrons. The van der Waals surface area contributed by atoms with E-state index in [0.29, 0.717) is 4.58 Å². The summed E-state index contributed by atoms with van der Waals surface area (Å²) < 4.78 is 13.1. The number of aldehydes is 1. The SMILES string of the molecule is CC1(C)COC2(CCC(C=O)C2CCC2SCCS2)OC1. The van der Waals surface area contributed by atoms with E-state index in [-0.39, 0.29) is 17.3 Å². The Balaban J connectivity index is 1.65. The maximum atomic E-state index is 11.4. The third-order valence-electron chi connectivity index (χ3n) is 4.90. The van der Waals surface area contributed by atoms with Gasteiger partial charge >= 0.3 is 0 Å². The molecule has 2 heterocycles. The van der Waals surface area contributed by atoms with E-state index in [1.54, 1.807) is 0 Å². The first-order chi connectivity index (χ1) is 10.0. The highest BCUT2D eigenvalue weighted by Crippen LogP contribution is 2.50. The van der Waals surface area contributed by atoms with Crippen molar-refractivity contribution in [3.8, 4) is 0 Å². The molecule has 3 rings (SSSR count). The zero-order valence-corrected chi connectivity index (χ0v) is 14.6. The lowest BCUT2D eigenvalue weighted by Gasteiger charge is -2.45. The molecule has 2 aliphatic heterocycles. The predicted molar refractivity (Wildman–Crippen MR) is 88.6 cm³/mol. The van der Waals surface area contributed by atoms with E-state index >= 15 is 0 Å². The van der Waals surface area contributed by atoms with Crippen LogP contribution in [0.4, 0.5) is 0 Å². The summed E-state index contributed by atoms with van der Waals surface area (Å²) in [5.41, 5.74) is 0.0895. The van der Waals surface area contributed by atoms with E-state index in [4.69, 9.17) is 9.47 Å². The molecule has 3 fully saturated rings. The molecule has 21 heavy (non-hydrogen) atoms. The quantitative estimate of drug-likeness (QED) is 0.737. The van der Waals surface area contributed by atoms with Crippen LogP contribution in [0.25, 0.3) is 0 Å². The molecule has 5 heteroatoms. The van der Waals surface area contributed by atoms with Crippen LogP contribution in [0.3, 0.4) is 0 Å². The smallest absolute Gasteiger partial charge is 0.171 e. The van der Waals surface area contributed by atoms with Gasteiger partial charge in [0, 0.05) is 35.2 Å². The largest absolute Gasteiger partial charge is 0.349 e. The summed E-state index contributed by atoms with van der Waals surface area (Å²) in [6.07, 6.45) is 5.15. The van der Waals surface area contributed by atoms with Crippen molar-refractivity contribution in [3.63, 3.8) is 0 Å². The first kappa shape index (κ1) is 16.2. The van der Waals surface area contributed by atoms with Gasteiger partial charge in [0.25, 0.3) is 0 Å². The highest BCUT2D eigenvalue weighted by atomic mass is 32.2. The van der Waals surface area contributed by atoms with Gasteiger partial charge in [-0.2, -0.15) is 0 Å². The number of carbonyl (C=O) groups is 1. The Morgan fingerprint density at radius 1 is 1.14 bits per heavy atom. The summed E-state index contributed by atoms with van der Waals surface area (Å²) in [6, 6.07) is 0. The fourth-order valence-corrected chi connectivity index (χ4v) is 6.51. The lowest BCUT2D eigenvalue weighted by molar-refractivity contribution is -0.316. The van der Waals surface area contributed by atoms with Gasteiger partial charge in [0.05, 0.1) is 17.8 Å². The van der Waals surface area contributed by atoms with Crippen molar-refractivity contribution in [2.24, 2.45) is 17.3 Å². The summed E-state index contributed by atoms with van der Waals surface area (Å²) in [6.45, 7) is 5.82. The van der Waals surface area contributed by atoms with Gasteiger partial charge in [0.1, 0.15) is 6.29 Å². The molecule has 1 spiro atoms. The Bertz CT molecular complexity index is 370. The fourth-order valence-electron chi connectivity index (χ4n) is 3.64. The van der Waals surface area contributed by atoms with Crippen LogP contribution in [0.1, 0.15) is 39.5 Å². The third-order valence-corrected chi connectivity index (χ3v) is 8.07. The van der Waals surface area contributed by atoms with Crippen molar-refractivity contribution in [2.75, 3.05) is 24.7 Å². The van der Waals surface area contributed by atoms with E-state index in [0.717, 1.165) is 38.8 Å². The Labute approximate surface area is 136 Å². The van der Waals surface area contributed by atoms with Crippen LogP contribution in [0.5, 0.6) is 0 Å². The van der Waals surface area contributed by atoms with Gasteiger partial charge < -0.3 is 14.3 Å². The minimum atomic E-state index is -0.477. The Hall–Kier alpha value is 0.290. The maximum Gasteiger partial charge on any atom is 0.171 e. The predicted octanol–water partition coefficient (Wildman–Crippen LogP) is 3.57. The summed E-state index contributed by atoms with van der Waals surface area (Å²) in [7, 11) is 0. The first-order valence-electron chi connectivity index (χ1n) is 8.01. The standard InChI is InChI=1S/C16H26O3S2/c1-15(2)10-18-16(19-11-15)6-5-12(9-17)13(16)3-4-14-20-7-8-21-14/h9,12-14H,3-8,10-11H2,1-2H3. The van der Waals surface area contributed by atoms with E-state index in [2.05, 4.69) is 37.4 Å². The van der Waals surface area contributed by atoms with Gasteiger partial charge in [0.2, 0.25) is 0 Å². The molecule has 3 aliphatic rings. The molecular formula is C16H26O3S2. The normalized spacial score (nSPS) is 35.3. The molecule has 2 atom stereocenters. The van der Waals surface area contributed by atoms with Crippen molar-refractivity contribution in [1.82, 2.24) is 0 Å². The molecule has 120 valence electrons. The minimum absolute atomic E-state index is 0.0895. The highest BCUT2D eigenvalue weighted by molar-refractivity contribution is 8.20. The van der Waals surface area contributed by atoms with Crippen LogP contribution >= 0.6 is 23.5 Å². The number of thioether (sulfide) groups is 2. The average Bonchev–Trinajstić information content (AvgIpc) is 3.08. The summed E-state index contributed by atoms with van der Waals surface area (Å²) in [4.78, 5) is 11.4. The van der Waals surface area contributed by atoms with E-state index in [9.17, 15) is 4.79 Å². The van der Waals surface area contributed by atoms with E-state index in [1.165, 1.54) is 17.9 Å². The van der Waals surface area contributed by atoms with Crippen molar-refractivity contribution < 1.29 is 14.3 Å². The number of carbonyl (C=O) groups excluding carboxylic acids is 1. The number of hydrogen-bond acceptors (Lipinski definition) is 5. The van der Waals surface area contributed by atoms with Crippen LogP contribution in [0.2, 0.25) is 0 Å². The number of ether oxygens (including phenoxy) is 2. The molecule has 2 unspecified atom stereocenters. The van der Waals surface area contributed by atoms with Crippen molar-refractivity contribution in [1.29, 1.82) is 0 Å². The van der Waals surface area contributed by atoms with E-state index < -0.39 is 5.79 Å². The molecule has 0 aromatic heterocycles. The Kier molecular flexibility index (Phi) is 4.94. The van der Waals surface area contributed by atoms with Crippen LogP contribution in [-0.4, -0.2) is 41.4 Å². The van der Waals surface area contributed by atoms with Crippen LogP contribution in [0, 0.1) is 17.3 Å². The van der Waals surface area contributed by atoms with Crippen LogP contribution < -0.4 is 0 Å². The van der Waals surface area contributed by atoms with Gasteiger partial charge in [-0.05, 0) is 19.3 Å². The van der Waals surface area contributed by atoms with Crippen molar-refractivity contribution >= 4 is 29.8 Å². The molecule has 0 bridgehead atoms. The zero-order chi connectivity index (χ0) is 14.9. The molecule has 3 nitrogen and oxygen atoms in total. The fraction of sp³-hybridized carbons (Fsp3) is 0.938. The Morgan fingerprint density at radius 3 is 2.43 bits per heavy atom. The minimum Gasteiger partial charge on any atom is -0.349 e. The van der Waals surface area contributed by atoms with Crippen molar-refractivity contribution in [2.45, 2.75) is 49.9 Å². The lowest BCUT2D eigenvalue weighted by atomic mass is 9.87. The second kappa shape index (κ2) is 6.42. The van der Waals surface area contributed by atoms with Gasteiger partial charge in [-0.1, -0.05) is 13.8 Å². The summed E-state index contributed by atoms with van der Waals surface area (Å²) in [5, 5.41) is 0. The molecule has 0 N–H and O–H groups in total. The molecular weight excluding hydrogens is 304 g/mol. The lowest BCUT2D eigenvalue weighted by Crippen LogP contribution is -2.50. The summed E-state index contributed by atoms with van der Waals surface area (Å²) in [5.74, 6) is 2.41. The zero-order valence-electron chi connectivity index (χ0n) is 13.0. The molecule has 1 saturated carbocycles. The molecule has 0 aromatic carbocycles. The van der Waals surface area contributed by atoms with E-state index in [1.807, 2.05) is 0 Å².